The highest BCUT2D eigenvalue weighted by molar-refractivity contribution is 5.93. The maximum atomic E-state index is 13.1. The molecule has 0 unspecified atom stereocenters. The van der Waals surface area contributed by atoms with Gasteiger partial charge in [-0.2, -0.15) is 0 Å². The summed E-state index contributed by atoms with van der Waals surface area (Å²) in [7, 11) is 0. The number of hydrogen-bond donors (Lipinski definition) is 1. The smallest absolute Gasteiger partial charge is 0.343 e. The van der Waals surface area contributed by atoms with Gasteiger partial charge < -0.3 is 19.3 Å². The number of hydrogen-bond acceptors (Lipinski definition) is 6. The molecule has 0 atom stereocenters. The molecule has 0 fully saturated rings. The van der Waals surface area contributed by atoms with E-state index in [-0.39, 0.29) is 17.2 Å². The summed E-state index contributed by atoms with van der Waals surface area (Å²) in [6, 6.07) is 25.1. The first-order valence-corrected chi connectivity index (χ1v) is 15.0. The Bertz CT molecular complexity index is 1510. The molecule has 4 aromatic carbocycles. The number of carbonyl (C=O) groups excluding carboxylic acids is 2. The lowest BCUT2D eigenvalue weighted by Gasteiger charge is -2.15. The molecule has 4 rings (SSSR count). The van der Waals surface area contributed by atoms with Crippen molar-refractivity contribution in [2.75, 3.05) is 6.61 Å². The molecule has 6 heteroatoms. The molecule has 0 radical (unpaired) electrons. The molecule has 0 saturated carbocycles. The third-order valence-electron chi connectivity index (χ3n) is 7.24. The highest BCUT2D eigenvalue weighted by Crippen LogP contribution is 2.34. The zero-order chi connectivity index (χ0) is 30.6. The second-order valence-corrected chi connectivity index (χ2v) is 10.8. The van der Waals surface area contributed by atoms with Gasteiger partial charge in [-0.05, 0) is 87.6 Å². The third-order valence-corrected chi connectivity index (χ3v) is 7.24. The SMILES string of the molecule is CCCc1c(O)cccc1OCCCCCCc1cccc(OC(=O)c2ccc(C)cc2)c1OC(=O)c1ccc(C)cc1. The number of phenols is 1. The Morgan fingerprint density at radius 3 is 1.88 bits per heavy atom. The highest BCUT2D eigenvalue weighted by Gasteiger charge is 2.20. The van der Waals surface area contributed by atoms with Gasteiger partial charge in [0.25, 0.3) is 0 Å². The van der Waals surface area contributed by atoms with Crippen LogP contribution in [0.3, 0.4) is 0 Å². The molecule has 0 saturated heterocycles. The molecule has 0 aliphatic rings. The number of ether oxygens (including phenoxy) is 3. The van der Waals surface area contributed by atoms with Gasteiger partial charge in [0.05, 0.1) is 17.7 Å². The fourth-order valence-electron chi connectivity index (χ4n) is 4.79. The van der Waals surface area contributed by atoms with E-state index < -0.39 is 11.9 Å². The van der Waals surface area contributed by atoms with E-state index in [4.69, 9.17) is 14.2 Å². The molecule has 6 nitrogen and oxygen atoms in total. The molecule has 0 aliphatic carbocycles. The summed E-state index contributed by atoms with van der Waals surface area (Å²) < 4.78 is 17.6. The monoisotopic (exact) mass is 580 g/mol. The fourth-order valence-corrected chi connectivity index (χ4v) is 4.79. The van der Waals surface area contributed by atoms with Gasteiger partial charge in [-0.25, -0.2) is 9.59 Å². The van der Waals surface area contributed by atoms with Crippen LogP contribution in [0, 0.1) is 13.8 Å². The topological polar surface area (TPSA) is 82.1 Å². The molecule has 0 amide bonds. The second-order valence-electron chi connectivity index (χ2n) is 10.8. The summed E-state index contributed by atoms with van der Waals surface area (Å²) in [4.78, 5) is 26.0. The number of aryl methyl sites for hydroxylation is 3. The minimum atomic E-state index is -0.515. The van der Waals surface area contributed by atoms with Crippen LogP contribution in [-0.2, 0) is 12.8 Å². The van der Waals surface area contributed by atoms with E-state index in [2.05, 4.69) is 6.92 Å². The van der Waals surface area contributed by atoms with Crippen molar-refractivity contribution in [3.05, 3.63) is 118 Å². The summed E-state index contributed by atoms with van der Waals surface area (Å²) in [5.41, 5.74) is 4.58. The van der Waals surface area contributed by atoms with E-state index >= 15 is 0 Å². The van der Waals surface area contributed by atoms with Crippen LogP contribution in [-0.4, -0.2) is 23.7 Å². The van der Waals surface area contributed by atoms with Crippen molar-refractivity contribution in [1.82, 2.24) is 0 Å². The van der Waals surface area contributed by atoms with Crippen molar-refractivity contribution in [3.8, 4) is 23.0 Å². The second kappa shape index (κ2) is 15.6. The van der Waals surface area contributed by atoms with Crippen LogP contribution in [0.2, 0.25) is 0 Å². The summed E-state index contributed by atoms with van der Waals surface area (Å²) >= 11 is 0. The molecule has 0 aliphatic heterocycles. The predicted molar refractivity (Wildman–Crippen MR) is 168 cm³/mol. The highest BCUT2D eigenvalue weighted by atomic mass is 16.6. The minimum absolute atomic E-state index is 0.214. The van der Waals surface area contributed by atoms with E-state index in [0.29, 0.717) is 24.2 Å². The molecule has 4 aromatic rings. The number of phenolic OH excluding ortho intramolecular Hbond substituents is 1. The number of rotatable bonds is 14. The van der Waals surface area contributed by atoms with Gasteiger partial charge in [0.2, 0.25) is 0 Å². The van der Waals surface area contributed by atoms with Crippen molar-refractivity contribution < 1.29 is 28.9 Å². The first-order chi connectivity index (χ1) is 20.9. The van der Waals surface area contributed by atoms with Crippen LogP contribution in [0.1, 0.15) is 82.0 Å². The van der Waals surface area contributed by atoms with Crippen LogP contribution in [0.5, 0.6) is 23.0 Å². The molecular formula is C37H40O6. The molecule has 1 N–H and O–H groups in total. The van der Waals surface area contributed by atoms with Gasteiger partial charge >= 0.3 is 11.9 Å². The first-order valence-electron chi connectivity index (χ1n) is 15.0. The van der Waals surface area contributed by atoms with E-state index in [9.17, 15) is 14.7 Å². The molecule has 0 aromatic heterocycles. The van der Waals surface area contributed by atoms with Gasteiger partial charge in [-0.1, -0.05) is 79.8 Å². The van der Waals surface area contributed by atoms with Gasteiger partial charge in [0, 0.05) is 5.56 Å². The number of carbonyl (C=O) groups is 2. The normalized spacial score (nSPS) is 10.8. The summed E-state index contributed by atoms with van der Waals surface area (Å²) in [5.74, 6) is 0.490. The van der Waals surface area contributed by atoms with Gasteiger partial charge in [-0.15, -0.1) is 0 Å². The van der Waals surface area contributed by atoms with Crippen molar-refractivity contribution in [3.63, 3.8) is 0 Å². The van der Waals surface area contributed by atoms with E-state index in [1.165, 1.54) is 0 Å². The number of benzene rings is 4. The number of esters is 2. The maximum Gasteiger partial charge on any atom is 0.343 e. The fraction of sp³-hybridized carbons (Fsp3) is 0.297. The quantitative estimate of drug-likeness (QED) is 0.0914. The molecule has 0 bridgehead atoms. The third kappa shape index (κ3) is 8.95. The number of unbranched alkanes of at least 4 members (excludes halogenated alkanes) is 3. The number of para-hydroxylation sites is 1. The lowest BCUT2D eigenvalue weighted by atomic mass is 10.0. The average Bonchev–Trinajstić information content (AvgIpc) is 3.00. The number of aromatic hydroxyl groups is 1. The van der Waals surface area contributed by atoms with Crippen LogP contribution < -0.4 is 14.2 Å². The van der Waals surface area contributed by atoms with Crippen molar-refractivity contribution >= 4 is 11.9 Å². The van der Waals surface area contributed by atoms with Crippen LogP contribution >= 0.6 is 0 Å². The Hall–Kier alpha value is -4.58. The van der Waals surface area contributed by atoms with Crippen molar-refractivity contribution in [2.24, 2.45) is 0 Å². The van der Waals surface area contributed by atoms with Gasteiger partial charge in [-0.3, -0.25) is 0 Å². The Kier molecular flexibility index (Phi) is 11.4. The zero-order valence-corrected chi connectivity index (χ0v) is 25.2. The Balaban J connectivity index is 1.39. The Morgan fingerprint density at radius 2 is 1.23 bits per heavy atom. The first kappa shape index (κ1) is 31.4. The molecule has 224 valence electrons. The zero-order valence-electron chi connectivity index (χ0n) is 25.2. The van der Waals surface area contributed by atoms with E-state index in [0.717, 1.165) is 66.5 Å². The van der Waals surface area contributed by atoms with E-state index in [1.54, 1.807) is 42.5 Å². The lowest BCUT2D eigenvalue weighted by molar-refractivity contribution is 0.0681. The molecular weight excluding hydrogens is 540 g/mol. The van der Waals surface area contributed by atoms with Gasteiger partial charge in [0.1, 0.15) is 11.5 Å². The summed E-state index contributed by atoms with van der Waals surface area (Å²) in [6.45, 7) is 6.56. The Morgan fingerprint density at radius 1 is 0.651 bits per heavy atom. The minimum Gasteiger partial charge on any atom is -0.508 e. The molecule has 0 spiro atoms. The standard InChI is InChI=1S/C37H40O6/c1-4-11-31-32(38)14-10-15-33(31)41-25-8-6-5-7-12-28-13-9-16-34(42-36(39)29-21-17-26(2)18-22-29)35(28)43-37(40)30-23-19-27(3)20-24-30/h9-10,13-24,38H,4-8,11-12,25H2,1-3H3. The lowest BCUT2D eigenvalue weighted by Crippen LogP contribution is -2.14. The maximum absolute atomic E-state index is 13.1. The van der Waals surface area contributed by atoms with Crippen LogP contribution in [0.4, 0.5) is 0 Å². The van der Waals surface area contributed by atoms with Crippen molar-refractivity contribution in [1.29, 1.82) is 0 Å². The van der Waals surface area contributed by atoms with Gasteiger partial charge in [0.15, 0.2) is 11.5 Å². The molecule has 43 heavy (non-hydrogen) atoms. The largest absolute Gasteiger partial charge is 0.508 e. The van der Waals surface area contributed by atoms with E-state index in [1.807, 2.05) is 56.3 Å². The summed E-state index contributed by atoms with van der Waals surface area (Å²) in [5, 5.41) is 10.2. The average molecular weight is 581 g/mol. The van der Waals surface area contributed by atoms with Crippen LogP contribution in [0.15, 0.2) is 84.9 Å². The molecule has 0 heterocycles. The Labute approximate surface area is 254 Å². The van der Waals surface area contributed by atoms with Crippen LogP contribution in [0.25, 0.3) is 0 Å². The van der Waals surface area contributed by atoms with Crippen molar-refractivity contribution in [2.45, 2.75) is 65.7 Å². The predicted octanol–water partition coefficient (Wildman–Crippen LogP) is 8.58. The summed E-state index contributed by atoms with van der Waals surface area (Å²) in [6.07, 6.45) is 6.01.